The van der Waals surface area contributed by atoms with E-state index in [-0.39, 0.29) is 33.9 Å². The molecule has 0 unspecified atom stereocenters. The van der Waals surface area contributed by atoms with E-state index in [1.807, 2.05) is 115 Å². The lowest BCUT2D eigenvalue weighted by Gasteiger charge is -2.14. The maximum atomic E-state index is 9.12. The first-order chi connectivity index (χ1) is 28.1. The van der Waals surface area contributed by atoms with Gasteiger partial charge in [-0.2, -0.15) is 0 Å². The lowest BCUT2D eigenvalue weighted by Crippen LogP contribution is -2.02. The van der Waals surface area contributed by atoms with Crippen LogP contribution in [0.3, 0.4) is 0 Å². The number of nitrogens with zero attached hydrogens (tertiary/aromatic N) is 4. The highest BCUT2D eigenvalue weighted by Gasteiger charge is 2.19. The molecule has 0 saturated heterocycles. The summed E-state index contributed by atoms with van der Waals surface area (Å²) in [5, 5.41) is 1.85. The van der Waals surface area contributed by atoms with Crippen molar-refractivity contribution in [2.45, 2.75) is 0 Å². The highest BCUT2D eigenvalue weighted by Crippen LogP contribution is 2.38. The Morgan fingerprint density at radius 2 is 1.04 bits per heavy atom. The van der Waals surface area contributed by atoms with Gasteiger partial charge in [0.25, 0.3) is 0 Å². The lowest BCUT2D eigenvalue weighted by atomic mass is 10.0. The summed E-state index contributed by atoms with van der Waals surface area (Å²) in [6.45, 7) is 0. The van der Waals surface area contributed by atoms with Crippen molar-refractivity contribution in [1.29, 1.82) is 0 Å². The van der Waals surface area contributed by atoms with E-state index in [9.17, 15) is 0 Å². The third kappa shape index (κ3) is 4.60. The van der Waals surface area contributed by atoms with Gasteiger partial charge in [0, 0.05) is 38.4 Å². The van der Waals surface area contributed by atoms with E-state index in [4.69, 9.17) is 30.3 Å². The van der Waals surface area contributed by atoms with Crippen LogP contribution < -0.4 is 0 Å². The summed E-state index contributed by atoms with van der Waals surface area (Å²) >= 11 is 0. The van der Waals surface area contributed by atoms with Gasteiger partial charge in [0.05, 0.1) is 27.6 Å². The molecule has 5 nitrogen and oxygen atoms in total. The standard InChI is InChI=1S/C45H28N4O/c1-3-14-29(15-4-1)31-26-32(28-33(27-31)49-39-23-10-7-18-34(39)35-19-8-11-24-40(35)49)44-46-43(30-16-5-2-6-17-30)47-45(48-44)38-22-13-21-37-36-20-9-12-25-41(36)50-42(37)38/h1-28H/i7D,8D,10D,11D,18D,19D,23D,24D. The fourth-order valence-electron chi connectivity index (χ4n) is 6.61. The van der Waals surface area contributed by atoms with Crippen LogP contribution in [-0.2, 0) is 0 Å². The van der Waals surface area contributed by atoms with Gasteiger partial charge in [-0.3, -0.25) is 0 Å². The van der Waals surface area contributed by atoms with Crippen LogP contribution in [0.1, 0.15) is 11.0 Å². The molecule has 234 valence electrons. The monoisotopic (exact) mass is 648 g/mol. The van der Waals surface area contributed by atoms with E-state index in [2.05, 4.69) is 0 Å². The summed E-state index contributed by atoms with van der Waals surface area (Å²) in [5.74, 6) is 1.06. The molecule has 10 aromatic rings. The summed E-state index contributed by atoms with van der Waals surface area (Å²) in [5.41, 5.74) is 5.19. The molecule has 0 atom stereocenters. The van der Waals surface area contributed by atoms with Gasteiger partial charge in [0.2, 0.25) is 0 Å². The van der Waals surface area contributed by atoms with Crippen molar-refractivity contribution in [2.24, 2.45) is 0 Å². The van der Waals surface area contributed by atoms with E-state index in [0.717, 1.165) is 27.5 Å². The van der Waals surface area contributed by atoms with Gasteiger partial charge in [-0.1, -0.05) is 127 Å². The fourth-order valence-corrected chi connectivity index (χ4v) is 6.61. The Morgan fingerprint density at radius 1 is 0.460 bits per heavy atom. The van der Waals surface area contributed by atoms with Crippen LogP contribution >= 0.6 is 0 Å². The fraction of sp³-hybridized carbons (Fsp3) is 0. The van der Waals surface area contributed by atoms with Crippen LogP contribution in [0.15, 0.2) is 174 Å². The number of rotatable bonds is 5. The highest BCUT2D eigenvalue weighted by molar-refractivity contribution is 6.10. The molecule has 0 aliphatic carbocycles. The molecule has 0 spiro atoms. The zero-order valence-electron chi connectivity index (χ0n) is 34.2. The molecule has 0 aliphatic rings. The minimum absolute atomic E-state index is 0.00703. The molecule has 10 rings (SSSR count). The van der Waals surface area contributed by atoms with Crippen LogP contribution in [0.2, 0.25) is 0 Å². The lowest BCUT2D eigenvalue weighted by molar-refractivity contribution is 0.669. The van der Waals surface area contributed by atoms with Gasteiger partial charge in [0.1, 0.15) is 11.2 Å². The Morgan fingerprint density at radius 3 is 1.78 bits per heavy atom. The average molecular weight is 649 g/mol. The minimum atomic E-state index is -0.506. The molecule has 0 aliphatic heterocycles. The summed E-state index contributed by atoms with van der Waals surface area (Å²) < 4.78 is 78.3. The average Bonchev–Trinajstić information content (AvgIpc) is 3.84. The summed E-state index contributed by atoms with van der Waals surface area (Å²) in [6, 6.07) is 34.7. The molecular formula is C45H28N4O. The number of para-hydroxylation sites is 4. The SMILES string of the molecule is [2H]c1c([2H])c([2H])c2c(c1[2H])c1c([2H])c([2H])c([2H])c([2H])c1n2-c1cc(-c2ccccc2)cc(-c2nc(-c3ccccc3)nc(-c3cccc4c3oc3ccccc34)n2)c1. The molecule has 50 heavy (non-hydrogen) atoms. The first kappa shape index (κ1) is 21.2. The number of benzene rings is 7. The highest BCUT2D eigenvalue weighted by atomic mass is 16.3. The van der Waals surface area contributed by atoms with Crippen molar-refractivity contribution in [2.75, 3.05) is 0 Å². The number of hydrogen-bond acceptors (Lipinski definition) is 4. The van der Waals surface area contributed by atoms with Gasteiger partial charge in [-0.05, 0) is 53.5 Å². The van der Waals surface area contributed by atoms with E-state index in [1.54, 1.807) is 6.07 Å². The first-order valence-corrected chi connectivity index (χ1v) is 16.0. The molecule has 5 heteroatoms. The van der Waals surface area contributed by atoms with Gasteiger partial charge >= 0.3 is 0 Å². The molecule has 0 radical (unpaired) electrons. The van der Waals surface area contributed by atoms with Gasteiger partial charge in [-0.15, -0.1) is 0 Å². The third-order valence-corrected chi connectivity index (χ3v) is 8.89. The Balaban J connectivity index is 1.32. The maximum absolute atomic E-state index is 9.12. The summed E-state index contributed by atoms with van der Waals surface area (Å²) in [6.07, 6.45) is 0. The molecular weight excluding hydrogens is 613 g/mol. The largest absolute Gasteiger partial charge is 0.455 e. The van der Waals surface area contributed by atoms with Gasteiger partial charge in [0.15, 0.2) is 17.5 Å². The second-order valence-electron chi connectivity index (χ2n) is 11.9. The molecule has 0 bridgehead atoms. The van der Waals surface area contributed by atoms with E-state index < -0.39 is 36.3 Å². The molecule has 3 heterocycles. The summed E-state index contributed by atoms with van der Waals surface area (Å²) in [4.78, 5) is 15.1. The predicted molar refractivity (Wildman–Crippen MR) is 203 cm³/mol. The molecule has 0 N–H and O–H groups in total. The second kappa shape index (κ2) is 11.4. The van der Waals surface area contributed by atoms with Crippen molar-refractivity contribution in [3.8, 4) is 51.0 Å². The number of fused-ring (bicyclic) bond motifs is 6. The Hall–Kier alpha value is -6.85. The van der Waals surface area contributed by atoms with E-state index in [1.165, 1.54) is 4.57 Å². The van der Waals surface area contributed by atoms with E-state index >= 15 is 0 Å². The van der Waals surface area contributed by atoms with E-state index in [0.29, 0.717) is 45.4 Å². The Labute approximate surface area is 299 Å². The number of hydrogen-bond donors (Lipinski definition) is 0. The molecule has 0 saturated carbocycles. The van der Waals surface area contributed by atoms with Crippen LogP contribution in [-0.4, -0.2) is 19.5 Å². The molecule has 7 aromatic carbocycles. The van der Waals surface area contributed by atoms with Gasteiger partial charge in [-0.25, -0.2) is 15.0 Å². The summed E-state index contributed by atoms with van der Waals surface area (Å²) in [7, 11) is 0. The maximum Gasteiger partial charge on any atom is 0.167 e. The van der Waals surface area contributed by atoms with Crippen molar-refractivity contribution >= 4 is 43.7 Å². The van der Waals surface area contributed by atoms with Gasteiger partial charge < -0.3 is 8.98 Å². The van der Waals surface area contributed by atoms with Crippen molar-refractivity contribution in [3.63, 3.8) is 0 Å². The van der Waals surface area contributed by atoms with Crippen LogP contribution in [0.25, 0.3) is 94.7 Å². The number of aromatic nitrogens is 4. The first-order valence-electron chi connectivity index (χ1n) is 20.0. The minimum Gasteiger partial charge on any atom is -0.455 e. The molecule has 0 amide bonds. The molecule has 0 fully saturated rings. The van der Waals surface area contributed by atoms with Crippen molar-refractivity contribution in [3.05, 3.63) is 170 Å². The topological polar surface area (TPSA) is 56.7 Å². The number of furan rings is 1. The normalized spacial score (nSPS) is 13.8. The molecule has 3 aromatic heterocycles. The zero-order valence-corrected chi connectivity index (χ0v) is 26.2. The van der Waals surface area contributed by atoms with Crippen molar-refractivity contribution in [1.82, 2.24) is 19.5 Å². The predicted octanol–water partition coefficient (Wildman–Crippen LogP) is 11.5. The smallest absolute Gasteiger partial charge is 0.167 e. The Bertz CT molecular complexity index is 3250. The zero-order chi connectivity index (χ0) is 40.0. The van der Waals surface area contributed by atoms with Crippen molar-refractivity contribution < 1.29 is 15.4 Å². The van der Waals surface area contributed by atoms with Crippen LogP contribution in [0, 0.1) is 0 Å². The van der Waals surface area contributed by atoms with Crippen LogP contribution in [0.4, 0.5) is 0 Å². The Kier molecular flexibility index (Phi) is 4.83. The third-order valence-electron chi connectivity index (χ3n) is 8.89. The second-order valence-corrected chi connectivity index (χ2v) is 11.9. The quantitative estimate of drug-likeness (QED) is 0.186. The van der Waals surface area contributed by atoms with Crippen LogP contribution in [0.5, 0.6) is 0 Å².